The molecule has 6 nitrogen and oxygen atoms in total. The lowest BCUT2D eigenvalue weighted by molar-refractivity contribution is -0.617. The number of hydrogen-bond donors (Lipinski definition) is 0. The van der Waals surface area contributed by atoms with Crippen molar-refractivity contribution in [2.75, 3.05) is 18.5 Å². The maximum atomic E-state index is 13.5. The molecule has 1 heterocycles. The third-order valence-electron chi connectivity index (χ3n) is 2.31. The average molecular weight is 261 g/mol. The molecule has 0 aliphatic rings. The van der Waals surface area contributed by atoms with E-state index in [1.54, 1.807) is 6.92 Å². The number of hydrogen-bond acceptors (Lipinski definition) is 4. The summed E-state index contributed by atoms with van der Waals surface area (Å²) in [7, 11) is 1.28. The number of nitro groups is 1. The third-order valence-corrected chi connectivity index (χ3v) is 2.31. The number of nitrogens with zero attached hydrogens (tertiary/aromatic N) is 3. The fraction of sp³-hybridized carbons (Fsp3) is 0.500. The van der Waals surface area contributed by atoms with E-state index in [2.05, 4.69) is 4.99 Å². The molecular weight excluding hydrogens is 248 g/mol. The molecule has 18 heavy (non-hydrogen) atoms. The monoisotopic (exact) mass is 261 g/mol. The van der Waals surface area contributed by atoms with Crippen molar-refractivity contribution in [1.29, 1.82) is 0 Å². The zero-order valence-electron chi connectivity index (χ0n) is 10.2. The minimum absolute atomic E-state index is 0.0139. The highest BCUT2D eigenvalue weighted by Gasteiger charge is 2.53. The molecule has 0 unspecified atom stereocenters. The van der Waals surface area contributed by atoms with Crippen molar-refractivity contribution < 1.29 is 18.1 Å². The summed E-state index contributed by atoms with van der Waals surface area (Å²) in [6.07, 6.45) is 2.59. The van der Waals surface area contributed by atoms with E-state index in [0.29, 0.717) is 11.3 Å². The number of anilines is 1. The van der Waals surface area contributed by atoms with Crippen molar-refractivity contribution in [3.8, 4) is 0 Å². The molecule has 0 N–H and O–H groups in total. The predicted octanol–water partition coefficient (Wildman–Crippen LogP) is 2.31. The van der Waals surface area contributed by atoms with Crippen molar-refractivity contribution >= 4 is 11.5 Å². The second-order valence-corrected chi connectivity index (χ2v) is 3.60. The number of halogens is 2. The molecule has 0 bridgehead atoms. The fourth-order valence-corrected chi connectivity index (χ4v) is 1.45. The van der Waals surface area contributed by atoms with Crippen LogP contribution in [0.2, 0.25) is 0 Å². The molecule has 8 heteroatoms. The van der Waals surface area contributed by atoms with E-state index in [1.807, 2.05) is 0 Å². The maximum Gasteiger partial charge on any atom is 0.572 e. The SMILES string of the molecule is CCN=C(N(C)c1cocc1C)C(F)(F)[N+](=O)[O-]. The first-order chi connectivity index (χ1) is 8.32. The summed E-state index contributed by atoms with van der Waals surface area (Å²) in [5.74, 6) is -0.917. The van der Waals surface area contributed by atoms with Gasteiger partial charge >= 0.3 is 6.05 Å². The highest BCUT2D eigenvalue weighted by Crippen LogP contribution is 2.26. The molecule has 0 atom stereocenters. The average Bonchev–Trinajstić information content (AvgIpc) is 2.71. The van der Waals surface area contributed by atoms with Gasteiger partial charge in [-0.15, -0.1) is 8.78 Å². The minimum atomic E-state index is -4.24. The topological polar surface area (TPSA) is 71.9 Å². The lowest BCUT2D eigenvalue weighted by Gasteiger charge is -2.21. The van der Waals surface area contributed by atoms with Crippen LogP contribution in [0.4, 0.5) is 14.5 Å². The summed E-state index contributed by atoms with van der Waals surface area (Å²) in [4.78, 5) is 13.2. The van der Waals surface area contributed by atoms with E-state index in [4.69, 9.17) is 4.42 Å². The molecule has 0 saturated heterocycles. The standard InChI is InChI=1S/C10H13F2N3O3/c1-4-13-9(10(11,12)15(16)17)14(3)8-6-18-5-7(8)2/h5-6H,4H2,1-3H3. The molecule has 0 spiro atoms. The van der Waals surface area contributed by atoms with Crippen LogP contribution in [0.5, 0.6) is 0 Å². The fourth-order valence-electron chi connectivity index (χ4n) is 1.45. The number of aliphatic imine (C=N–C) groups is 1. The van der Waals surface area contributed by atoms with E-state index in [0.717, 1.165) is 4.90 Å². The van der Waals surface area contributed by atoms with Crippen molar-refractivity contribution in [3.05, 3.63) is 28.2 Å². The summed E-state index contributed by atoms with van der Waals surface area (Å²) < 4.78 is 31.8. The van der Waals surface area contributed by atoms with E-state index in [9.17, 15) is 18.9 Å². The van der Waals surface area contributed by atoms with Crippen LogP contribution in [0.25, 0.3) is 0 Å². The van der Waals surface area contributed by atoms with Crippen LogP contribution in [0.1, 0.15) is 12.5 Å². The Labute approximate surface area is 102 Å². The van der Waals surface area contributed by atoms with Crippen LogP contribution in [0.3, 0.4) is 0 Å². The van der Waals surface area contributed by atoms with Gasteiger partial charge in [0, 0.05) is 19.2 Å². The molecule has 1 aromatic heterocycles. The maximum absolute atomic E-state index is 13.5. The van der Waals surface area contributed by atoms with E-state index in [1.165, 1.54) is 26.5 Å². The third kappa shape index (κ3) is 2.47. The van der Waals surface area contributed by atoms with Crippen LogP contribution in [-0.2, 0) is 0 Å². The van der Waals surface area contributed by atoms with Gasteiger partial charge in [-0.05, 0) is 13.8 Å². The molecule has 1 rings (SSSR count). The van der Waals surface area contributed by atoms with E-state index >= 15 is 0 Å². The highest BCUT2D eigenvalue weighted by atomic mass is 19.3. The van der Waals surface area contributed by atoms with Crippen molar-refractivity contribution in [1.82, 2.24) is 0 Å². The van der Waals surface area contributed by atoms with Crippen molar-refractivity contribution in [3.63, 3.8) is 0 Å². The largest absolute Gasteiger partial charge is 0.572 e. The number of aryl methyl sites for hydroxylation is 1. The molecule has 0 amide bonds. The van der Waals surface area contributed by atoms with Gasteiger partial charge < -0.3 is 9.32 Å². The van der Waals surface area contributed by atoms with Crippen molar-refractivity contribution in [2.24, 2.45) is 4.99 Å². The molecule has 100 valence electrons. The summed E-state index contributed by atoms with van der Waals surface area (Å²) in [6.45, 7) is 3.18. The summed E-state index contributed by atoms with van der Waals surface area (Å²) in [5, 5.41) is 10.4. The lowest BCUT2D eigenvalue weighted by atomic mass is 10.3. The van der Waals surface area contributed by atoms with Gasteiger partial charge in [-0.25, -0.2) is 0 Å². The zero-order chi connectivity index (χ0) is 13.9. The second-order valence-electron chi connectivity index (χ2n) is 3.60. The van der Waals surface area contributed by atoms with Gasteiger partial charge in [0.25, 0.3) is 5.84 Å². The first-order valence-corrected chi connectivity index (χ1v) is 5.16. The number of alkyl halides is 2. The number of furan rings is 1. The van der Waals surface area contributed by atoms with Crippen molar-refractivity contribution in [2.45, 2.75) is 19.9 Å². The number of likely N-dealkylation sites (N-methyl/N-ethyl adjacent to an activating group) is 1. The van der Waals surface area contributed by atoms with Gasteiger partial charge in [0.2, 0.25) is 0 Å². The Morgan fingerprint density at radius 3 is 2.61 bits per heavy atom. The molecular formula is C10H13F2N3O3. The second kappa shape index (κ2) is 5.11. The van der Waals surface area contributed by atoms with Gasteiger partial charge in [-0.3, -0.25) is 15.1 Å². The minimum Gasteiger partial charge on any atom is -0.470 e. The Hall–Kier alpha value is -1.99. The summed E-state index contributed by atoms with van der Waals surface area (Å²) >= 11 is 0. The van der Waals surface area contributed by atoms with Gasteiger partial charge in [0.1, 0.15) is 11.2 Å². The van der Waals surface area contributed by atoms with Crippen LogP contribution in [0.15, 0.2) is 21.9 Å². The predicted molar refractivity (Wildman–Crippen MR) is 61.8 cm³/mol. The van der Waals surface area contributed by atoms with Gasteiger partial charge in [-0.2, -0.15) is 0 Å². The zero-order valence-corrected chi connectivity index (χ0v) is 10.2. The Balaban J connectivity index is 3.20. The van der Waals surface area contributed by atoms with E-state index < -0.39 is 16.8 Å². The van der Waals surface area contributed by atoms with Crippen LogP contribution in [0, 0.1) is 17.0 Å². The Kier molecular flexibility index (Phi) is 4.00. The lowest BCUT2D eigenvalue weighted by Crippen LogP contribution is -2.47. The first-order valence-electron chi connectivity index (χ1n) is 5.16. The molecule has 0 saturated carbocycles. The molecule has 0 aromatic carbocycles. The Morgan fingerprint density at radius 1 is 1.61 bits per heavy atom. The molecule has 0 fully saturated rings. The van der Waals surface area contributed by atoms with Crippen LogP contribution >= 0.6 is 0 Å². The number of rotatable bonds is 4. The molecule has 0 aliphatic carbocycles. The Bertz CT molecular complexity index is 471. The normalized spacial score (nSPS) is 12.6. The van der Waals surface area contributed by atoms with Crippen LogP contribution < -0.4 is 4.90 Å². The van der Waals surface area contributed by atoms with Gasteiger partial charge in [0.05, 0.1) is 12.0 Å². The van der Waals surface area contributed by atoms with E-state index in [-0.39, 0.29) is 6.54 Å². The molecule has 0 radical (unpaired) electrons. The van der Waals surface area contributed by atoms with Gasteiger partial charge in [0.15, 0.2) is 0 Å². The highest BCUT2D eigenvalue weighted by molar-refractivity contribution is 6.01. The summed E-state index contributed by atoms with van der Waals surface area (Å²) in [6, 6.07) is -4.24. The first kappa shape index (κ1) is 14.1. The summed E-state index contributed by atoms with van der Waals surface area (Å²) in [5.41, 5.74) is 0.893. The van der Waals surface area contributed by atoms with Crippen LogP contribution in [-0.4, -0.2) is 30.4 Å². The Morgan fingerprint density at radius 2 is 2.22 bits per heavy atom. The number of amidine groups is 1. The molecule has 0 aliphatic heterocycles. The quantitative estimate of drug-likeness (QED) is 0.274. The molecule has 1 aromatic rings. The van der Waals surface area contributed by atoms with Gasteiger partial charge in [-0.1, -0.05) is 0 Å². The smallest absolute Gasteiger partial charge is 0.470 e.